The van der Waals surface area contributed by atoms with Crippen LogP contribution in [0.3, 0.4) is 0 Å². The molecule has 1 atom stereocenters. The maximum Gasteiger partial charge on any atom is 0.335 e. The van der Waals surface area contributed by atoms with Gasteiger partial charge in [0.15, 0.2) is 5.82 Å². The van der Waals surface area contributed by atoms with E-state index in [1.807, 2.05) is 30.5 Å². The molecule has 2 aliphatic rings. The van der Waals surface area contributed by atoms with Gasteiger partial charge in [-0.25, -0.2) is 4.79 Å². The van der Waals surface area contributed by atoms with Crippen LogP contribution in [0.15, 0.2) is 35.6 Å². The number of hydrogen-bond donors (Lipinski definition) is 0. The normalized spacial score (nSPS) is 17.5. The highest BCUT2D eigenvalue weighted by atomic mass is 35.5. The highest BCUT2D eigenvalue weighted by Gasteiger charge is 2.35. The lowest BCUT2D eigenvalue weighted by molar-refractivity contribution is -0.197. The van der Waals surface area contributed by atoms with E-state index >= 15 is 0 Å². The number of hydrogen-bond acceptors (Lipinski definition) is 8. The van der Waals surface area contributed by atoms with E-state index in [0.29, 0.717) is 21.6 Å². The third-order valence-corrected chi connectivity index (χ3v) is 7.11. The maximum absolute atomic E-state index is 12.7. The van der Waals surface area contributed by atoms with Gasteiger partial charge in [-0.3, -0.25) is 19.1 Å². The van der Waals surface area contributed by atoms with Crippen molar-refractivity contribution in [1.29, 1.82) is 0 Å². The van der Waals surface area contributed by atoms with Gasteiger partial charge in [-0.2, -0.15) is 0 Å². The Balaban J connectivity index is 1.58. The fourth-order valence-electron chi connectivity index (χ4n) is 3.88. The number of carbonyl (C=O) groups excluding carboxylic acids is 3. The summed E-state index contributed by atoms with van der Waals surface area (Å²) in [7, 11) is 0. The molecule has 0 radical (unpaired) electrons. The Bertz CT molecular complexity index is 1310. The molecule has 9 nitrogen and oxygen atoms in total. The smallest absolute Gasteiger partial charge is 0.330 e. The highest BCUT2D eigenvalue weighted by molar-refractivity contribution is 7.15. The molecule has 1 fully saturated rings. The Labute approximate surface area is 197 Å². The molecule has 168 valence electrons. The van der Waals surface area contributed by atoms with Crippen molar-refractivity contribution in [2.24, 2.45) is 4.99 Å². The van der Waals surface area contributed by atoms with Gasteiger partial charge in [0.2, 0.25) is 0 Å². The third-order valence-electron chi connectivity index (χ3n) is 5.66. The number of imide groups is 1. The predicted molar refractivity (Wildman–Crippen MR) is 120 cm³/mol. The molecule has 0 aliphatic carbocycles. The van der Waals surface area contributed by atoms with Crippen molar-refractivity contribution in [2.45, 2.75) is 39.2 Å². The van der Waals surface area contributed by atoms with E-state index in [-0.39, 0.29) is 19.3 Å². The molecule has 0 N–H and O–H groups in total. The highest BCUT2D eigenvalue weighted by Crippen LogP contribution is 2.38. The van der Waals surface area contributed by atoms with E-state index in [9.17, 15) is 14.4 Å². The van der Waals surface area contributed by atoms with Crippen molar-refractivity contribution >= 4 is 46.4 Å². The second-order valence-corrected chi connectivity index (χ2v) is 9.41. The van der Waals surface area contributed by atoms with Crippen LogP contribution in [0, 0.1) is 13.8 Å². The molecule has 0 bridgehead atoms. The van der Waals surface area contributed by atoms with E-state index in [2.05, 4.69) is 10.2 Å². The molecule has 0 saturated carbocycles. The second-order valence-electron chi connectivity index (χ2n) is 7.77. The van der Waals surface area contributed by atoms with Crippen LogP contribution in [0.2, 0.25) is 5.02 Å². The van der Waals surface area contributed by atoms with Crippen molar-refractivity contribution in [1.82, 2.24) is 19.8 Å². The number of nitrogens with zero attached hydrogens (tertiary/aromatic N) is 5. The minimum Gasteiger partial charge on any atom is -0.330 e. The van der Waals surface area contributed by atoms with Gasteiger partial charge >= 0.3 is 5.97 Å². The monoisotopic (exact) mass is 483 g/mol. The zero-order valence-electron chi connectivity index (χ0n) is 17.7. The second kappa shape index (κ2) is 8.20. The number of carbonyl (C=O) groups is 3. The first kappa shape index (κ1) is 21.5. The summed E-state index contributed by atoms with van der Waals surface area (Å²) >= 11 is 7.68. The Kier molecular flexibility index (Phi) is 5.34. The molecule has 0 spiro atoms. The van der Waals surface area contributed by atoms with Crippen LogP contribution < -0.4 is 0 Å². The minimum absolute atomic E-state index is 0.0293. The average Bonchev–Trinajstić information content (AvgIpc) is 3.45. The van der Waals surface area contributed by atoms with Gasteiger partial charge in [0, 0.05) is 33.9 Å². The number of benzene rings is 1. The molecular formula is C22H18ClN5O4S. The standard InChI is InChI=1S/C22H18ClN5O4S/c1-11-12(2)33-22-19(11)20(13-3-5-14(23)6-4-13)25-15(21-26-24-10-27(21)22)9-18(31)32-28-16(29)7-8-17(28)30/h3-6,10,15H,7-9H2,1-2H3/t15-/m0/s1. The molecule has 1 saturated heterocycles. The van der Waals surface area contributed by atoms with Crippen molar-refractivity contribution in [3.63, 3.8) is 0 Å². The number of aryl methyl sites for hydroxylation is 1. The molecule has 4 heterocycles. The molecule has 2 amide bonds. The van der Waals surface area contributed by atoms with Gasteiger partial charge in [0.05, 0.1) is 12.1 Å². The first-order valence-corrected chi connectivity index (χ1v) is 11.4. The lowest BCUT2D eigenvalue weighted by Gasteiger charge is -2.15. The summed E-state index contributed by atoms with van der Waals surface area (Å²) in [5.41, 5.74) is 3.53. The number of halogens is 1. The number of aromatic nitrogens is 3. The lowest BCUT2D eigenvalue weighted by Crippen LogP contribution is -2.32. The minimum atomic E-state index is -0.754. The van der Waals surface area contributed by atoms with E-state index in [1.165, 1.54) is 0 Å². The predicted octanol–water partition coefficient (Wildman–Crippen LogP) is 3.49. The zero-order chi connectivity index (χ0) is 23.3. The zero-order valence-corrected chi connectivity index (χ0v) is 19.3. The number of thiophene rings is 1. The van der Waals surface area contributed by atoms with E-state index in [4.69, 9.17) is 21.4 Å². The quantitative estimate of drug-likeness (QED) is 0.526. The summed E-state index contributed by atoms with van der Waals surface area (Å²) in [4.78, 5) is 47.5. The fourth-order valence-corrected chi connectivity index (χ4v) is 5.14. The number of aliphatic imine (C=N–C) groups is 1. The van der Waals surface area contributed by atoms with Gasteiger partial charge in [-0.05, 0) is 31.5 Å². The largest absolute Gasteiger partial charge is 0.335 e. The van der Waals surface area contributed by atoms with Crippen LogP contribution in [0.25, 0.3) is 5.00 Å². The van der Waals surface area contributed by atoms with Gasteiger partial charge in [-0.1, -0.05) is 23.7 Å². The summed E-state index contributed by atoms with van der Waals surface area (Å²) in [6.45, 7) is 4.07. The van der Waals surface area contributed by atoms with E-state index < -0.39 is 23.8 Å². The Morgan fingerprint density at radius 1 is 1.18 bits per heavy atom. The van der Waals surface area contributed by atoms with Crippen LogP contribution in [0.1, 0.15) is 52.7 Å². The number of hydroxylamine groups is 2. The molecule has 33 heavy (non-hydrogen) atoms. The summed E-state index contributed by atoms with van der Waals surface area (Å²) in [6, 6.07) is 6.58. The van der Waals surface area contributed by atoms with Crippen molar-refractivity contribution in [3.05, 3.63) is 63.0 Å². The topological polar surface area (TPSA) is 107 Å². The van der Waals surface area contributed by atoms with Crippen LogP contribution >= 0.6 is 22.9 Å². The van der Waals surface area contributed by atoms with Crippen LogP contribution in [-0.4, -0.2) is 43.3 Å². The Morgan fingerprint density at radius 2 is 1.88 bits per heavy atom. The van der Waals surface area contributed by atoms with Crippen molar-refractivity contribution in [3.8, 4) is 5.00 Å². The molecule has 2 aromatic heterocycles. The third kappa shape index (κ3) is 3.75. The Hall–Kier alpha value is -3.37. The van der Waals surface area contributed by atoms with Gasteiger partial charge in [-0.15, -0.1) is 26.6 Å². The molecule has 1 aromatic carbocycles. The summed E-state index contributed by atoms with van der Waals surface area (Å²) in [5, 5.41) is 10.3. The van der Waals surface area contributed by atoms with Gasteiger partial charge in [0.1, 0.15) is 17.4 Å². The first-order chi connectivity index (χ1) is 15.8. The van der Waals surface area contributed by atoms with Gasteiger partial charge < -0.3 is 4.84 Å². The molecule has 5 rings (SSSR count). The number of fused-ring (bicyclic) bond motifs is 3. The van der Waals surface area contributed by atoms with Crippen LogP contribution in [-0.2, 0) is 19.2 Å². The summed E-state index contributed by atoms with van der Waals surface area (Å²) in [5.74, 6) is -1.35. The molecule has 11 heteroatoms. The van der Waals surface area contributed by atoms with Gasteiger partial charge in [0.25, 0.3) is 11.8 Å². The average molecular weight is 484 g/mol. The van der Waals surface area contributed by atoms with Crippen molar-refractivity contribution in [2.75, 3.05) is 0 Å². The SMILES string of the molecule is Cc1sc2c(c1C)C(c1ccc(Cl)cc1)=N[C@@H](CC(=O)ON1C(=O)CCC1=O)c1nncn1-2. The number of amides is 2. The fraction of sp³-hybridized carbons (Fsp3) is 0.273. The van der Waals surface area contributed by atoms with Crippen LogP contribution in [0.4, 0.5) is 0 Å². The van der Waals surface area contributed by atoms with Crippen molar-refractivity contribution < 1.29 is 19.2 Å². The molecule has 2 aliphatic heterocycles. The molecular weight excluding hydrogens is 466 g/mol. The maximum atomic E-state index is 12.7. The molecule has 3 aromatic rings. The molecule has 0 unspecified atom stereocenters. The number of rotatable bonds is 4. The summed E-state index contributed by atoms with van der Waals surface area (Å²) < 4.78 is 1.83. The first-order valence-electron chi connectivity index (χ1n) is 10.2. The van der Waals surface area contributed by atoms with Crippen LogP contribution in [0.5, 0.6) is 0 Å². The lowest BCUT2D eigenvalue weighted by atomic mass is 10.00. The Morgan fingerprint density at radius 3 is 2.58 bits per heavy atom. The van der Waals surface area contributed by atoms with E-state index in [0.717, 1.165) is 26.6 Å². The van der Waals surface area contributed by atoms with E-state index in [1.54, 1.807) is 29.8 Å². The summed E-state index contributed by atoms with van der Waals surface area (Å²) in [6.07, 6.45) is 1.43.